The number of nitrogens with two attached hydrogens (primary N) is 1. The molecule has 1 aliphatic rings. The van der Waals surface area contributed by atoms with Crippen LogP contribution in [0.1, 0.15) is 54.6 Å². The predicted octanol–water partition coefficient (Wildman–Crippen LogP) is 5.34. The lowest BCUT2D eigenvalue weighted by atomic mass is 9.74. The number of phenols is 1. The van der Waals surface area contributed by atoms with Crippen LogP contribution in [0.15, 0.2) is 60.8 Å². The molecule has 0 unspecified atom stereocenters. The number of aryl methyl sites for hydroxylation is 1. The van der Waals surface area contributed by atoms with Gasteiger partial charge in [-0.05, 0) is 85.7 Å². The largest absolute Gasteiger partial charge is 0.508 e. The monoisotopic (exact) mass is 641 g/mol. The highest BCUT2D eigenvalue weighted by molar-refractivity contribution is 5.98. The smallest absolute Gasteiger partial charge is 0.418 e. The van der Waals surface area contributed by atoms with Gasteiger partial charge in [0.2, 0.25) is 5.91 Å². The van der Waals surface area contributed by atoms with E-state index in [1.54, 1.807) is 48.0 Å². The number of carbonyl (C=O) groups is 2. The first kappa shape index (κ1) is 32.7. The molecule has 4 aromatic rings. The summed E-state index contributed by atoms with van der Waals surface area (Å²) in [5.74, 6) is -2.02. The number of benzene rings is 3. The Morgan fingerprint density at radius 2 is 1.85 bits per heavy atom. The zero-order valence-corrected chi connectivity index (χ0v) is 25.5. The second-order valence-corrected chi connectivity index (χ2v) is 12.5. The molecule has 2 heterocycles. The molecule has 2 amide bonds. The van der Waals surface area contributed by atoms with Crippen molar-refractivity contribution in [2.75, 3.05) is 18.4 Å². The van der Waals surface area contributed by atoms with Crippen molar-refractivity contribution in [2.24, 2.45) is 5.73 Å². The molecule has 9 nitrogen and oxygen atoms in total. The van der Waals surface area contributed by atoms with Gasteiger partial charge in [-0.25, -0.2) is 9.07 Å². The standard InChI is InChI=1S/C33H35F4N5O4/c1-19-12-25(39-18-32(46,33(35,36)37)17-31(2,3)24-15-21(34)9-10-28(24)43)23-16-40-42(27(23)13-19)22-7-4-6-20(14-22)30(45)41-11-5-8-26(41)29(38)44/h4,6-7,9-10,12-16,26,39,43,46H,5,8,11,17-18H2,1-3H3,(H2,38,44)/t26-,32-/m1/s1. The van der Waals surface area contributed by atoms with Gasteiger partial charge in [0.15, 0.2) is 5.60 Å². The first-order chi connectivity index (χ1) is 21.5. The van der Waals surface area contributed by atoms with Gasteiger partial charge in [-0.2, -0.15) is 18.3 Å². The molecule has 46 heavy (non-hydrogen) atoms. The summed E-state index contributed by atoms with van der Waals surface area (Å²) in [5.41, 5.74) is 3.01. The highest BCUT2D eigenvalue weighted by atomic mass is 19.4. The minimum atomic E-state index is -5.08. The number of carbonyl (C=O) groups excluding carboxylic acids is 2. The number of likely N-dealkylation sites (tertiary alicyclic amines) is 1. The van der Waals surface area contributed by atoms with Crippen LogP contribution in [0.2, 0.25) is 0 Å². The highest BCUT2D eigenvalue weighted by Crippen LogP contribution is 2.44. The van der Waals surface area contributed by atoms with Crippen molar-refractivity contribution in [1.29, 1.82) is 0 Å². The number of nitrogens with zero attached hydrogens (tertiary/aromatic N) is 3. The number of aromatic nitrogens is 2. The maximum Gasteiger partial charge on any atom is 0.418 e. The van der Waals surface area contributed by atoms with Crippen molar-refractivity contribution in [1.82, 2.24) is 14.7 Å². The third-order valence-corrected chi connectivity index (χ3v) is 8.53. The van der Waals surface area contributed by atoms with Crippen molar-refractivity contribution >= 4 is 28.4 Å². The lowest BCUT2D eigenvalue weighted by molar-refractivity contribution is -0.260. The molecule has 1 fully saturated rings. The van der Waals surface area contributed by atoms with E-state index in [-0.39, 0.29) is 22.9 Å². The van der Waals surface area contributed by atoms with Gasteiger partial charge in [-0.3, -0.25) is 9.59 Å². The number of hydrogen-bond donors (Lipinski definition) is 4. The predicted molar refractivity (Wildman–Crippen MR) is 164 cm³/mol. The van der Waals surface area contributed by atoms with Gasteiger partial charge in [0.25, 0.3) is 5.91 Å². The number of aliphatic hydroxyl groups is 1. The maximum atomic E-state index is 14.4. The van der Waals surface area contributed by atoms with Crippen molar-refractivity contribution in [2.45, 2.75) is 63.3 Å². The molecular formula is C33H35F4N5O4. The molecule has 1 aliphatic heterocycles. The van der Waals surface area contributed by atoms with E-state index in [9.17, 15) is 37.4 Å². The van der Waals surface area contributed by atoms with Crippen LogP contribution in [0.4, 0.5) is 23.2 Å². The zero-order chi connectivity index (χ0) is 33.6. The van der Waals surface area contributed by atoms with E-state index in [4.69, 9.17) is 5.73 Å². The quantitative estimate of drug-likeness (QED) is 0.182. The summed E-state index contributed by atoms with van der Waals surface area (Å²) < 4.78 is 58.8. The molecule has 244 valence electrons. The van der Waals surface area contributed by atoms with Crippen LogP contribution < -0.4 is 11.1 Å². The van der Waals surface area contributed by atoms with Crippen molar-refractivity contribution < 1.29 is 37.4 Å². The number of hydrogen-bond acceptors (Lipinski definition) is 6. The molecule has 5 rings (SSSR count). The van der Waals surface area contributed by atoms with Gasteiger partial charge in [-0.1, -0.05) is 19.9 Å². The van der Waals surface area contributed by atoms with E-state index in [0.29, 0.717) is 47.1 Å². The van der Waals surface area contributed by atoms with E-state index in [1.165, 1.54) is 24.9 Å². The summed E-state index contributed by atoms with van der Waals surface area (Å²) in [6.45, 7) is 4.00. The molecule has 0 bridgehead atoms. The SMILES string of the molecule is Cc1cc(NC[C@](O)(CC(C)(C)c2cc(F)ccc2O)C(F)(F)F)c2cnn(-c3cccc(C(=O)N4CCC[C@@H]4C(N)=O)c3)c2c1. The third-order valence-electron chi connectivity index (χ3n) is 8.53. The van der Waals surface area contributed by atoms with E-state index in [1.807, 2.05) is 0 Å². The number of alkyl halides is 3. The van der Waals surface area contributed by atoms with Crippen LogP contribution >= 0.6 is 0 Å². The number of nitrogens with one attached hydrogen (secondary N) is 1. The molecule has 2 atom stereocenters. The van der Waals surface area contributed by atoms with E-state index >= 15 is 0 Å². The molecule has 0 spiro atoms. The number of amides is 2. The molecule has 1 saturated heterocycles. The second kappa shape index (κ2) is 11.9. The Hall–Kier alpha value is -4.65. The number of primary amides is 1. The molecule has 1 aromatic heterocycles. The van der Waals surface area contributed by atoms with E-state index < -0.39 is 47.9 Å². The van der Waals surface area contributed by atoms with Gasteiger partial charge >= 0.3 is 6.18 Å². The molecule has 0 aliphatic carbocycles. The fourth-order valence-electron chi connectivity index (χ4n) is 6.24. The summed E-state index contributed by atoms with van der Waals surface area (Å²) in [5, 5.41) is 29.0. The normalized spacial score (nSPS) is 16.9. The van der Waals surface area contributed by atoms with Crippen LogP contribution in [-0.2, 0) is 10.2 Å². The Labute approximate surface area is 262 Å². The molecule has 0 radical (unpaired) electrons. The number of fused-ring (bicyclic) bond motifs is 1. The molecule has 13 heteroatoms. The van der Waals surface area contributed by atoms with Gasteiger partial charge in [0.1, 0.15) is 17.6 Å². The molecular weight excluding hydrogens is 606 g/mol. The Morgan fingerprint density at radius 3 is 2.54 bits per heavy atom. The minimum absolute atomic E-state index is 0.0648. The lowest BCUT2D eigenvalue weighted by Gasteiger charge is -2.38. The number of halogens is 4. The minimum Gasteiger partial charge on any atom is -0.508 e. The van der Waals surface area contributed by atoms with Crippen molar-refractivity contribution in [3.63, 3.8) is 0 Å². The Balaban J connectivity index is 1.44. The Kier molecular flexibility index (Phi) is 8.49. The van der Waals surface area contributed by atoms with Gasteiger partial charge < -0.3 is 26.2 Å². The number of phenolic OH excluding ortho intramolecular Hbond substituents is 1. The zero-order valence-electron chi connectivity index (χ0n) is 25.5. The topological polar surface area (TPSA) is 134 Å². The van der Waals surface area contributed by atoms with Gasteiger partial charge in [0.05, 0.1) is 23.9 Å². The number of anilines is 1. The summed E-state index contributed by atoms with van der Waals surface area (Å²) in [6.07, 6.45) is -3.34. The van der Waals surface area contributed by atoms with Crippen LogP contribution in [-0.4, -0.2) is 67.6 Å². The first-order valence-corrected chi connectivity index (χ1v) is 14.7. The average Bonchev–Trinajstić information content (AvgIpc) is 3.64. The van der Waals surface area contributed by atoms with Crippen LogP contribution in [0, 0.1) is 12.7 Å². The maximum absolute atomic E-state index is 14.4. The third kappa shape index (κ3) is 6.23. The summed E-state index contributed by atoms with van der Waals surface area (Å²) in [6, 6.07) is 12.4. The Morgan fingerprint density at radius 1 is 1.11 bits per heavy atom. The molecule has 5 N–H and O–H groups in total. The number of aromatic hydroxyl groups is 1. The average molecular weight is 642 g/mol. The lowest BCUT2D eigenvalue weighted by Crippen LogP contribution is -2.53. The summed E-state index contributed by atoms with van der Waals surface area (Å²) >= 11 is 0. The summed E-state index contributed by atoms with van der Waals surface area (Å²) in [4.78, 5) is 26.6. The summed E-state index contributed by atoms with van der Waals surface area (Å²) in [7, 11) is 0. The highest BCUT2D eigenvalue weighted by Gasteiger charge is 2.56. The van der Waals surface area contributed by atoms with Crippen LogP contribution in [0.3, 0.4) is 0 Å². The van der Waals surface area contributed by atoms with Gasteiger partial charge in [-0.15, -0.1) is 0 Å². The van der Waals surface area contributed by atoms with Crippen LogP contribution in [0.25, 0.3) is 16.6 Å². The fourth-order valence-corrected chi connectivity index (χ4v) is 6.24. The fraction of sp³-hybridized carbons (Fsp3) is 0.364. The second-order valence-electron chi connectivity index (χ2n) is 12.5. The van der Waals surface area contributed by atoms with E-state index in [0.717, 1.165) is 18.2 Å². The number of rotatable bonds is 9. The van der Waals surface area contributed by atoms with E-state index in [2.05, 4.69) is 10.4 Å². The Bertz CT molecular complexity index is 1800. The first-order valence-electron chi connectivity index (χ1n) is 14.7. The molecule has 3 aromatic carbocycles. The molecule has 0 saturated carbocycles. The van der Waals surface area contributed by atoms with Crippen LogP contribution in [0.5, 0.6) is 5.75 Å². The van der Waals surface area contributed by atoms with Crippen molar-refractivity contribution in [3.8, 4) is 11.4 Å². The van der Waals surface area contributed by atoms with Crippen molar-refractivity contribution in [3.05, 3.63) is 83.3 Å². The van der Waals surface area contributed by atoms with Gasteiger partial charge in [0, 0.05) is 28.7 Å².